The summed E-state index contributed by atoms with van der Waals surface area (Å²) in [5, 5.41) is 0. The highest BCUT2D eigenvalue weighted by atomic mass is 14.7. The molecule has 286 valence electrons. The summed E-state index contributed by atoms with van der Waals surface area (Å²) < 4.78 is 0. The molecule has 11 aliphatic rings. The van der Waals surface area contributed by atoms with Gasteiger partial charge in [0, 0.05) is 0 Å². The summed E-state index contributed by atoms with van der Waals surface area (Å²) in [6, 6.07) is 0. The molecule has 0 nitrogen and oxygen atoms in total. The van der Waals surface area contributed by atoms with Crippen molar-refractivity contribution in [3.8, 4) is 0 Å². The van der Waals surface area contributed by atoms with E-state index in [1.807, 2.05) is 0 Å². The van der Waals surface area contributed by atoms with Crippen molar-refractivity contribution in [3.63, 3.8) is 0 Å². The Kier molecular flexibility index (Phi) is 9.13. The Morgan fingerprint density at radius 3 is 1.16 bits per heavy atom. The molecule has 0 bridgehead atoms. The van der Waals surface area contributed by atoms with Crippen LogP contribution in [0.3, 0.4) is 0 Å². The highest BCUT2D eigenvalue weighted by molar-refractivity contribution is 5.11. The average Bonchev–Trinajstić information content (AvgIpc) is 3.42. The lowest BCUT2D eigenvalue weighted by molar-refractivity contribution is -0.150. The van der Waals surface area contributed by atoms with Crippen molar-refractivity contribution in [1.29, 1.82) is 0 Å². The fraction of sp³-hybridized carbons (Fsp3) is 1.00. The van der Waals surface area contributed by atoms with Crippen LogP contribution in [0, 0.1) is 124 Å². The zero-order valence-corrected chi connectivity index (χ0v) is 33.8. The van der Waals surface area contributed by atoms with E-state index in [2.05, 4.69) is 13.8 Å². The molecule has 0 heterocycles. The van der Waals surface area contributed by atoms with Gasteiger partial charge < -0.3 is 0 Å². The molecule has 11 fully saturated rings. The van der Waals surface area contributed by atoms with Crippen LogP contribution in [0.4, 0.5) is 0 Å². The van der Waals surface area contributed by atoms with E-state index in [-0.39, 0.29) is 0 Å². The maximum atomic E-state index is 2.87. The van der Waals surface area contributed by atoms with Crippen LogP contribution in [0.25, 0.3) is 0 Å². The quantitative estimate of drug-likeness (QED) is 0.270. The summed E-state index contributed by atoms with van der Waals surface area (Å²) in [6.45, 7) is 5.75. The maximum absolute atomic E-state index is 2.87. The standard InChI is InChI=1S/C51H82/c1-51(2)48-28-32(45-27-31-13-3-4-14-34(31)35-15-5-7-18-38(35)45)23-25-41(48)42-26-24-33(29-49(42)51)46-30-47-39-19-8-6-16-36(39)37-17-9-11-21-43(37)50(47)44-22-12-10-20-40(44)46/h31-50H,3-30H2,1-2H3. The molecule has 0 saturated heterocycles. The second kappa shape index (κ2) is 13.6. The van der Waals surface area contributed by atoms with Crippen LogP contribution < -0.4 is 0 Å². The highest BCUT2D eigenvalue weighted by Gasteiger charge is 2.62. The maximum Gasteiger partial charge on any atom is -0.0292 e. The molecule has 0 N–H and O–H groups in total. The molecular weight excluding hydrogens is 613 g/mol. The topological polar surface area (TPSA) is 0 Å². The van der Waals surface area contributed by atoms with Gasteiger partial charge in [0.15, 0.2) is 0 Å². The number of hydrogen-bond acceptors (Lipinski definition) is 0. The van der Waals surface area contributed by atoms with Crippen LogP contribution in [-0.2, 0) is 0 Å². The van der Waals surface area contributed by atoms with Crippen LogP contribution in [0.1, 0.15) is 194 Å². The van der Waals surface area contributed by atoms with Crippen LogP contribution in [-0.4, -0.2) is 0 Å². The number of hydrogen-bond donors (Lipinski definition) is 0. The summed E-state index contributed by atoms with van der Waals surface area (Å²) in [4.78, 5) is 0. The molecule has 11 rings (SSSR count). The van der Waals surface area contributed by atoms with Crippen molar-refractivity contribution in [2.45, 2.75) is 194 Å². The smallest absolute Gasteiger partial charge is 0.0292 e. The fourth-order valence-electron chi connectivity index (χ4n) is 20.9. The summed E-state index contributed by atoms with van der Waals surface area (Å²) >= 11 is 0. The third-order valence-corrected chi connectivity index (χ3v) is 22.4. The molecule has 11 saturated carbocycles. The van der Waals surface area contributed by atoms with Crippen LogP contribution >= 0.6 is 0 Å². The summed E-state index contributed by atoms with van der Waals surface area (Å²) in [7, 11) is 0. The normalized spacial score (nSPS) is 57.5. The van der Waals surface area contributed by atoms with Crippen LogP contribution in [0.2, 0.25) is 0 Å². The Bertz CT molecular complexity index is 1230. The predicted octanol–water partition coefficient (Wildman–Crippen LogP) is 14.4. The second-order valence-corrected chi connectivity index (χ2v) is 23.7. The predicted molar refractivity (Wildman–Crippen MR) is 213 cm³/mol. The van der Waals surface area contributed by atoms with Crippen molar-refractivity contribution in [1.82, 2.24) is 0 Å². The molecule has 0 heteroatoms. The van der Waals surface area contributed by atoms with E-state index >= 15 is 0 Å². The van der Waals surface area contributed by atoms with E-state index in [9.17, 15) is 0 Å². The van der Waals surface area contributed by atoms with Gasteiger partial charge in [0.2, 0.25) is 0 Å². The van der Waals surface area contributed by atoms with Gasteiger partial charge in [0.25, 0.3) is 0 Å². The van der Waals surface area contributed by atoms with E-state index in [4.69, 9.17) is 0 Å². The van der Waals surface area contributed by atoms with Gasteiger partial charge in [-0.1, -0.05) is 84.5 Å². The van der Waals surface area contributed by atoms with Crippen LogP contribution in [0.15, 0.2) is 0 Å². The van der Waals surface area contributed by atoms with Gasteiger partial charge in [-0.05, 0) is 233 Å². The first-order chi connectivity index (χ1) is 25.1. The average molecular weight is 695 g/mol. The lowest BCUT2D eigenvalue weighted by atomic mass is 9.41. The Hall–Kier alpha value is 0. The molecule has 0 aromatic rings. The lowest BCUT2D eigenvalue weighted by Gasteiger charge is -2.64. The first-order valence-corrected chi connectivity index (χ1v) is 25.1. The largest absolute Gasteiger partial charge is 0.0594 e. The minimum atomic E-state index is 0.596. The Balaban J connectivity index is 0.833. The van der Waals surface area contributed by atoms with Gasteiger partial charge in [-0.25, -0.2) is 0 Å². The molecule has 0 amide bonds. The summed E-state index contributed by atoms with van der Waals surface area (Å²) in [6.07, 6.45) is 45.2. The van der Waals surface area contributed by atoms with Crippen molar-refractivity contribution >= 4 is 0 Å². The van der Waals surface area contributed by atoms with Gasteiger partial charge in [-0.3, -0.25) is 0 Å². The van der Waals surface area contributed by atoms with E-state index < -0.39 is 0 Å². The minimum absolute atomic E-state index is 0.596. The Morgan fingerprint density at radius 2 is 0.608 bits per heavy atom. The molecule has 11 aliphatic carbocycles. The van der Waals surface area contributed by atoms with Gasteiger partial charge >= 0.3 is 0 Å². The van der Waals surface area contributed by atoms with E-state index in [1.54, 1.807) is 180 Å². The third-order valence-electron chi connectivity index (χ3n) is 22.4. The molecule has 0 aromatic carbocycles. The van der Waals surface area contributed by atoms with E-state index in [0.29, 0.717) is 5.41 Å². The van der Waals surface area contributed by atoms with E-state index in [1.165, 1.54) is 0 Å². The monoisotopic (exact) mass is 695 g/mol. The molecule has 0 aromatic heterocycles. The van der Waals surface area contributed by atoms with Crippen molar-refractivity contribution in [2.75, 3.05) is 0 Å². The van der Waals surface area contributed by atoms with Crippen molar-refractivity contribution < 1.29 is 0 Å². The zero-order chi connectivity index (χ0) is 33.8. The van der Waals surface area contributed by atoms with Crippen LogP contribution in [0.5, 0.6) is 0 Å². The molecule has 0 aliphatic heterocycles. The molecule has 51 heavy (non-hydrogen) atoms. The first-order valence-electron chi connectivity index (χ1n) is 25.1. The van der Waals surface area contributed by atoms with E-state index in [0.717, 1.165) is 118 Å². The first kappa shape index (κ1) is 34.3. The molecule has 0 spiro atoms. The minimum Gasteiger partial charge on any atom is -0.0594 e. The highest BCUT2D eigenvalue weighted by Crippen LogP contribution is 2.70. The summed E-state index contributed by atoms with van der Waals surface area (Å²) in [5.41, 5.74) is 0.596. The Morgan fingerprint density at radius 1 is 0.255 bits per heavy atom. The number of fused-ring (bicyclic) bond motifs is 14. The SMILES string of the molecule is CC1(C)C2CC(C3CC4CCCCC4C4CCCCC34)CCC2C2CCC(C3CC4C5CCCCC5C5CCCCC5C4C4CCCCC34)CC21. The molecule has 20 unspecified atom stereocenters. The van der Waals surface area contributed by atoms with Crippen molar-refractivity contribution in [2.24, 2.45) is 124 Å². The number of rotatable bonds is 2. The molecule has 0 radical (unpaired) electrons. The van der Waals surface area contributed by atoms with Gasteiger partial charge in [-0.15, -0.1) is 0 Å². The third kappa shape index (κ3) is 5.48. The summed E-state index contributed by atoms with van der Waals surface area (Å²) in [5.74, 6) is 22.3. The zero-order valence-electron chi connectivity index (χ0n) is 33.8. The second-order valence-electron chi connectivity index (χ2n) is 23.7. The van der Waals surface area contributed by atoms with Gasteiger partial charge in [0.05, 0.1) is 0 Å². The van der Waals surface area contributed by atoms with Gasteiger partial charge in [0.1, 0.15) is 0 Å². The molecule has 20 atom stereocenters. The van der Waals surface area contributed by atoms with Crippen molar-refractivity contribution in [3.05, 3.63) is 0 Å². The molecular formula is C51H82. The Labute approximate surface area is 316 Å². The fourth-order valence-corrected chi connectivity index (χ4v) is 20.9. The van der Waals surface area contributed by atoms with Gasteiger partial charge in [-0.2, -0.15) is 0 Å². The lowest BCUT2D eigenvalue weighted by Crippen LogP contribution is -2.57.